The Labute approximate surface area is 128 Å². The van der Waals surface area contributed by atoms with Crippen molar-refractivity contribution in [3.05, 3.63) is 44.6 Å². The van der Waals surface area contributed by atoms with E-state index in [0.29, 0.717) is 29.6 Å². The number of benzene rings is 1. The lowest BCUT2D eigenvalue weighted by Crippen LogP contribution is -2.05. The van der Waals surface area contributed by atoms with Gasteiger partial charge in [-0.1, -0.05) is 43.6 Å². The van der Waals surface area contributed by atoms with Gasteiger partial charge in [0.15, 0.2) is 0 Å². The van der Waals surface area contributed by atoms with Crippen molar-refractivity contribution in [3.63, 3.8) is 0 Å². The summed E-state index contributed by atoms with van der Waals surface area (Å²) in [5.41, 5.74) is 1.88. The van der Waals surface area contributed by atoms with Gasteiger partial charge in [0.25, 0.3) is 0 Å². The number of fused-ring (bicyclic) bond motifs is 1. The smallest absolute Gasteiger partial charge is 0.309 e. The molecular weight excluding hydrogens is 292 g/mol. The molecule has 0 saturated carbocycles. The number of ether oxygens (including phenoxy) is 1. The summed E-state index contributed by atoms with van der Waals surface area (Å²) in [7, 11) is 1.60. The van der Waals surface area contributed by atoms with E-state index < -0.39 is 4.92 Å². The van der Waals surface area contributed by atoms with E-state index in [9.17, 15) is 10.1 Å². The van der Waals surface area contributed by atoms with E-state index in [0.717, 1.165) is 5.56 Å². The van der Waals surface area contributed by atoms with E-state index in [4.69, 9.17) is 16.3 Å². The molecule has 0 fully saturated rings. The minimum absolute atomic E-state index is 0.0903. The summed E-state index contributed by atoms with van der Waals surface area (Å²) in [4.78, 5) is 15.4. The zero-order valence-corrected chi connectivity index (χ0v) is 13.0. The number of aromatic nitrogens is 1. The molecular formula is C15H17ClN2O3. The third-order valence-corrected chi connectivity index (χ3v) is 3.55. The van der Waals surface area contributed by atoms with Gasteiger partial charge in [-0.2, -0.15) is 0 Å². The van der Waals surface area contributed by atoms with E-state index in [1.54, 1.807) is 19.2 Å². The highest BCUT2D eigenvalue weighted by Crippen LogP contribution is 2.36. The van der Waals surface area contributed by atoms with Gasteiger partial charge < -0.3 is 4.74 Å². The van der Waals surface area contributed by atoms with Crippen LogP contribution in [0.2, 0.25) is 5.02 Å². The number of rotatable bonds is 5. The number of hydrogen-bond acceptors (Lipinski definition) is 4. The quantitative estimate of drug-likeness (QED) is 0.615. The Bertz CT molecular complexity index is 686. The number of methoxy groups -OCH3 is 1. The zero-order chi connectivity index (χ0) is 15.6. The van der Waals surface area contributed by atoms with Crippen LogP contribution >= 0.6 is 11.6 Å². The summed E-state index contributed by atoms with van der Waals surface area (Å²) in [5.74, 6) is 0.249. The normalized spacial score (nSPS) is 11.3. The summed E-state index contributed by atoms with van der Waals surface area (Å²) in [6.07, 6.45) is 0.507. The SMILES string of the molecule is COCc1cccc2c(Cl)c([N+](=O)[O-])c(CC(C)C)nc12. The third kappa shape index (κ3) is 3.14. The summed E-state index contributed by atoms with van der Waals surface area (Å²) in [5, 5.41) is 12.1. The molecule has 0 N–H and O–H groups in total. The molecule has 0 aliphatic heterocycles. The third-order valence-electron chi connectivity index (χ3n) is 3.17. The predicted molar refractivity (Wildman–Crippen MR) is 82.7 cm³/mol. The topological polar surface area (TPSA) is 65.3 Å². The Morgan fingerprint density at radius 3 is 2.71 bits per heavy atom. The van der Waals surface area contributed by atoms with Crippen molar-refractivity contribution >= 4 is 28.2 Å². The van der Waals surface area contributed by atoms with E-state index in [2.05, 4.69) is 4.98 Å². The zero-order valence-electron chi connectivity index (χ0n) is 12.2. The van der Waals surface area contributed by atoms with Crippen LogP contribution in [0, 0.1) is 16.0 Å². The molecule has 1 aromatic heterocycles. The lowest BCUT2D eigenvalue weighted by atomic mass is 10.0. The van der Waals surface area contributed by atoms with E-state index in [-0.39, 0.29) is 16.6 Å². The highest BCUT2D eigenvalue weighted by Gasteiger charge is 2.24. The van der Waals surface area contributed by atoms with Crippen LogP contribution in [0.1, 0.15) is 25.1 Å². The fourth-order valence-electron chi connectivity index (χ4n) is 2.33. The molecule has 1 aromatic carbocycles. The van der Waals surface area contributed by atoms with Gasteiger partial charge in [-0.25, -0.2) is 4.98 Å². The predicted octanol–water partition coefficient (Wildman–Crippen LogP) is 4.14. The highest BCUT2D eigenvalue weighted by molar-refractivity contribution is 6.37. The fraction of sp³-hybridized carbons (Fsp3) is 0.400. The summed E-state index contributed by atoms with van der Waals surface area (Å²) in [6.45, 7) is 4.37. The Kier molecular flexibility index (Phi) is 4.75. The average molecular weight is 309 g/mol. The van der Waals surface area contributed by atoms with Gasteiger partial charge in [0.05, 0.1) is 17.0 Å². The second kappa shape index (κ2) is 6.37. The summed E-state index contributed by atoms with van der Waals surface area (Å²) in [6, 6.07) is 5.44. The first kappa shape index (κ1) is 15.7. The van der Waals surface area contributed by atoms with E-state index >= 15 is 0 Å². The number of para-hydroxylation sites is 1. The standard InChI is InChI=1S/C15H17ClN2O3/c1-9(2)7-12-15(18(19)20)13(16)11-6-4-5-10(8-21-3)14(11)17-12/h4-6,9H,7-8H2,1-3H3. The largest absolute Gasteiger partial charge is 0.380 e. The number of halogens is 1. The first-order chi connectivity index (χ1) is 9.95. The average Bonchev–Trinajstić information content (AvgIpc) is 2.39. The van der Waals surface area contributed by atoms with E-state index in [1.165, 1.54) is 0 Å². The monoisotopic (exact) mass is 308 g/mol. The van der Waals surface area contributed by atoms with Crippen LogP contribution in [0.25, 0.3) is 10.9 Å². The van der Waals surface area contributed by atoms with Gasteiger partial charge in [0.2, 0.25) is 0 Å². The van der Waals surface area contributed by atoms with Crippen LogP contribution in [0.15, 0.2) is 18.2 Å². The highest BCUT2D eigenvalue weighted by atomic mass is 35.5. The molecule has 0 spiro atoms. The van der Waals surface area contributed by atoms with Gasteiger partial charge in [0, 0.05) is 18.1 Å². The van der Waals surface area contributed by atoms with Crippen LogP contribution in [-0.4, -0.2) is 17.0 Å². The molecule has 1 heterocycles. The van der Waals surface area contributed by atoms with Crippen molar-refractivity contribution in [3.8, 4) is 0 Å². The maximum absolute atomic E-state index is 11.3. The fourth-order valence-corrected chi connectivity index (χ4v) is 2.66. The van der Waals surface area contributed by atoms with Crippen molar-refractivity contribution < 1.29 is 9.66 Å². The summed E-state index contributed by atoms with van der Waals surface area (Å²) < 4.78 is 5.16. The minimum atomic E-state index is -0.449. The lowest BCUT2D eigenvalue weighted by molar-refractivity contribution is -0.385. The van der Waals surface area contributed by atoms with Crippen LogP contribution in [-0.2, 0) is 17.8 Å². The van der Waals surface area contributed by atoms with Crippen LogP contribution < -0.4 is 0 Å². The minimum Gasteiger partial charge on any atom is -0.380 e. The van der Waals surface area contributed by atoms with Gasteiger partial charge >= 0.3 is 5.69 Å². The summed E-state index contributed by atoms with van der Waals surface area (Å²) >= 11 is 6.27. The molecule has 0 aliphatic carbocycles. The molecule has 2 rings (SSSR count). The Balaban J connectivity index is 2.77. The molecule has 6 heteroatoms. The van der Waals surface area contributed by atoms with Gasteiger partial charge in [-0.3, -0.25) is 10.1 Å². The molecule has 5 nitrogen and oxygen atoms in total. The first-order valence-electron chi connectivity index (χ1n) is 6.69. The van der Waals surface area contributed by atoms with E-state index in [1.807, 2.05) is 19.9 Å². The van der Waals surface area contributed by atoms with Crippen molar-refractivity contribution in [1.82, 2.24) is 4.98 Å². The Hall–Kier alpha value is -1.72. The molecule has 0 amide bonds. The van der Waals surface area contributed by atoms with Gasteiger partial charge in [0.1, 0.15) is 10.7 Å². The number of pyridine rings is 1. The molecule has 0 atom stereocenters. The molecule has 2 aromatic rings. The maximum Gasteiger partial charge on any atom is 0.309 e. The maximum atomic E-state index is 11.3. The molecule has 0 radical (unpaired) electrons. The Morgan fingerprint density at radius 1 is 1.43 bits per heavy atom. The first-order valence-corrected chi connectivity index (χ1v) is 7.06. The molecule has 112 valence electrons. The second-order valence-electron chi connectivity index (χ2n) is 5.32. The number of nitrogens with zero attached hydrogens (tertiary/aromatic N) is 2. The molecule has 0 aliphatic rings. The number of nitro groups is 1. The van der Waals surface area contributed by atoms with Crippen LogP contribution in [0.5, 0.6) is 0 Å². The second-order valence-corrected chi connectivity index (χ2v) is 5.70. The lowest BCUT2D eigenvalue weighted by Gasteiger charge is -2.11. The van der Waals surface area contributed by atoms with Crippen molar-refractivity contribution in [2.24, 2.45) is 5.92 Å². The van der Waals surface area contributed by atoms with Crippen LogP contribution in [0.4, 0.5) is 5.69 Å². The van der Waals surface area contributed by atoms with Crippen LogP contribution in [0.3, 0.4) is 0 Å². The van der Waals surface area contributed by atoms with Gasteiger partial charge in [-0.15, -0.1) is 0 Å². The van der Waals surface area contributed by atoms with Crippen molar-refractivity contribution in [2.45, 2.75) is 26.9 Å². The molecule has 0 saturated heterocycles. The van der Waals surface area contributed by atoms with Crippen molar-refractivity contribution in [2.75, 3.05) is 7.11 Å². The molecule has 21 heavy (non-hydrogen) atoms. The molecule has 0 unspecified atom stereocenters. The molecule has 0 bridgehead atoms. The van der Waals surface area contributed by atoms with Gasteiger partial charge in [-0.05, 0) is 12.3 Å². The van der Waals surface area contributed by atoms with Crippen molar-refractivity contribution in [1.29, 1.82) is 0 Å². The number of hydrogen-bond donors (Lipinski definition) is 0. The Morgan fingerprint density at radius 2 is 2.14 bits per heavy atom.